The number of ether oxygens (including phenoxy) is 1. The van der Waals surface area contributed by atoms with Crippen molar-refractivity contribution >= 4 is 0 Å². The van der Waals surface area contributed by atoms with Crippen LogP contribution in [0.4, 0.5) is 0 Å². The molecule has 1 saturated carbocycles. The SMILES string of the molecule is CCC1CCCC1NCCOCC(C)C. The summed E-state index contributed by atoms with van der Waals surface area (Å²) in [5.41, 5.74) is 0. The van der Waals surface area contributed by atoms with Gasteiger partial charge in [-0.3, -0.25) is 0 Å². The molecular formula is C13H27NO. The van der Waals surface area contributed by atoms with Gasteiger partial charge in [-0.1, -0.05) is 33.6 Å². The predicted molar refractivity (Wildman–Crippen MR) is 65.1 cm³/mol. The molecule has 2 nitrogen and oxygen atoms in total. The molecule has 90 valence electrons. The first-order valence-electron chi connectivity index (χ1n) is 6.55. The predicted octanol–water partition coefficient (Wildman–Crippen LogP) is 2.83. The second kappa shape index (κ2) is 7.24. The van der Waals surface area contributed by atoms with Crippen molar-refractivity contribution in [1.82, 2.24) is 5.32 Å². The van der Waals surface area contributed by atoms with Gasteiger partial charge in [-0.25, -0.2) is 0 Å². The Kier molecular flexibility index (Phi) is 6.26. The highest BCUT2D eigenvalue weighted by atomic mass is 16.5. The maximum Gasteiger partial charge on any atom is 0.0591 e. The van der Waals surface area contributed by atoms with Gasteiger partial charge in [0.15, 0.2) is 0 Å². The summed E-state index contributed by atoms with van der Waals surface area (Å²) in [6.07, 6.45) is 5.51. The number of hydrogen-bond acceptors (Lipinski definition) is 2. The number of rotatable bonds is 7. The number of hydrogen-bond donors (Lipinski definition) is 1. The quantitative estimate of drug-likeness (QED) is 0.657. The summed E-state index contributed by atoms with van der Waals surface area (Å²) < 4.78 is 5.56. The fraction of sp³-hybridized carbons (Fsp3) is 1.00. The van der Waals surface area contributed by atoms with Crippen molar-refractivity contribution in [3.05, 3.63) is 0 Å². The summed E-state index contributed by atoms with van der Waals surface area (Å²) in [4.78, 5) is 0. The molecule has 0 saturated heterocycles. The Hall–Kier alpha value is -0.0800. The highest BCUT2D eigenvalue weighted by Gasteiger charge is 2.24. The minimum absolute atomic E-state index is 0.653. The average Bonchev–Trinajstić information content (AvgIpc) is 2.64. The van der Waals surface area contributed by atoms with Crippen LogP contribution in [0.5, 0.6) is 0 Å². The lowest BCUT2D eigenvalue weighted by atomic mass is 10.0. The van der Waals surface area contributed by atoms with E-state index in [9.17, 15) is 0 Å². The fourth-order valence-electron chi connectivity index (χ4n) is 2.43. The van der Waals surface area contributed by atoms with Crippen LogP contribution in [0, 0.1) is 11.8 Å². The van der Waals surface area contributed by atoms with Crippen LogP contribution in [-0.4, -0.2) is 25.8 Å². The molecule has 2 unspecified atom stereocenters. The van der Waals surface area contributed by atoms with Crippen molar-refractivity contribution < 1.29 is 4.74 Å². The Morgan fingerprint density at radius 2 is 2.13 bits per heavy atom. The second-order valence-electron chi connectivity index (χ2n) is 5.13. The van der Waals surface area contributed by atoms with Crippen LogP contribution in [0.15, 0.2) is 0 Å². The molecule has 2 heteroatoms. The third-order valence-electron chi connectivity index (χ3n) is 3.29. The van der Waals surface area contributed by atoms with Crippen molar-refractivity contribution in [3.63, 3.8) is 0 Å². The van der Waals surface area contributed by atoms with Crippen LogP contribution >= 0.6 is 0 Å². The lowest BCUT2D eigenvalue weighted by molar-refractivity contribution is 0.109. The van der Waals surface area contributed by atoms with Gasteiger partial charge in [-0.05, 0) is 24.7 Å². The third kappa shape index (κ3) is 4.98. The lowest BCUT2D eigenvalue weighted by Gasteiger charge is -2.19. The van der Waals surface area contributed by atoms with Gasteiger partial charge < -0.3 is 10.1 Å². The van der Waals surface area contributed by atoms with Gasteiger partial charge >= 0.3 is 0 Å². The minimum Gasteiger partial charge on any atom is -0.380 e. The van der Waals surface area contributed by atoms with Crippen LogP contribution in [0.2, 0.25) is 0 Å². The minimum atomic E-state index is 0.653. The van der Waals surface area contributed by atoms with E-state index in [4.69, 9.17) is 4.74 Å². The highest BCUT2D eigenvalue weighted by Crippen LogP contribution is 2.27. The van der Waals surface area contributed by atoms with Gasteiger partial charge in [0.05, 0.1) is 6.61 Å². The molecule has 0 aliphatic heterocycles. The smallest absolute Gasteiger partial charge is 0.0591 e. The van der Waals surface area contributed by atoms with E-state index in [0.29, 0.717) is 5.92 Å². The summed E-state index contributed by atoms with van der Waals surface area (Å²) in [5.74, 6) is 1.56. The molecule has 0 amide bonds. The molecule has 15 heavy (non-hydrogen) atoms. The van der Waals surface area contributed by atoms with Gasteiger partial charge in [0.2, 0.25) is 0 Å². The van der Waals surface area contributed by atoms with E-state index in [1.54, 1.807) is 0 Å². The van der Waals surface area contributed by atoms with Gasteiger partial charge in [0, 0.05) is 19.2 Å². The van der Waals surface area contributed by atoms with Crippen LogP contribution in [-0.2, 0) is 4.74 Å². The molecule has 0 aromatic rings. The van der Waals surface area contributed by atoms with Crippen LogP contribution < -0.4 is 5.32 Å². The molecule has 1 N–H and O–H groups in total. The summed E-state index contributed by atoms with van der Waals surface area (Å²) >= 11 is 0. The molecule has 1 aliphatic carbocycles. The molecule has 0 bridgehead atoms. The van der Waals surface area contributed by atoms with E-state index in [1.165, 1.54) is 25.7 Å². The zero-order valence-electron chi connectivity index (χ0n) is 10.6. The van der Waals surface area contributed by atoms with Gasteiger partial charge in [0.25, 0.3) is 0 Å². The van der Waals surface area contributed by atoms with Crippen LogP contribution in [0.25, 0.3) is 0 Å². The largest absolute Gasteiger partial charge is 0.380 e. The molecule has 0 spiro atoms. The van der Waals surface area contributed by atoms with E-state index >= 15 is 0 Å². The Balaban J connectivity index is 1.99. The molecule has 2 atom stereocenters. The summed E-state index contributed by atoms with van der Waals surface area (Å²) in [5, 5.41) is 3.63. The van der Waals surface area contributed by atoms with Crippen molar-refractivity contribution in [2.75, 3.05) is 19.8 Å². The van der Waals surface area contributed by atoms with Gasteiger partial charge in [-0.15, -0.1) is 0 Å². The Morgan fingerprint density at radius 3 is 2.80 bits per heavy atom. The van der Waals surface area contributed by atoms with Gasteiger partial charge in [0.1, 0.15) is 0 Å². The first kappa shape index (κ1) is 13.0. The van der Waals surface area contributed by atoms with Crippen molar-refractivity contribution in [2.24, 2.45) is 11.8 Å². The zero-order valence-corrected chi connectivity index (χ0v) is 10.6. The Morgan fingerprint density at radius 1 is 1.33 bits per heavy atom. The van der Waals surface area contributed by atoms with Crippen molar-refractivity contribution in [2.45, 2.75) is 52.5 Å². The first-order valence-corrected chi connectivity index (χ1v) is 6.55. The van der Waals surface area contributed by atoms with Crippen LogP contribution in [0.3, 0.4) is 0 Å². The van der Waals surface area contributed by atoms with Crippen LogP contribution in [0.1, 0.15) is 46.5 Å². The van der Waals surface area contributed by atoms with Crippen molar-refractivity contribution in [3.8, 4) is 0 Å². The molecule has 1 rings (SSSR count). The molecular weight excluding hydrogens is 186 g/mol. The highest BCUT2D eigenvalue weighted by molar-refractivity contribution is 4.81. The maximum atomic E-state index is 5.56. The maximum absolute atomic E-state index is 5.56. The van der Waals surface area contributed by atoms with E-state index in [-0.39, 0.29) is 0 Å². The summed E-state index contributed by atoms with van der Waals surface area (Å²) in [6, 6.07) is 0.762. The normalized spacial score (nSPS) is 26.4. The Labute approximate surface area is 94.8 Å². The summed E-state index contributed by atoms with van der Waals surface area (Å²) in [7, 11) is 0. The zero-order chi connectivity index (χ0) is 11.1. The molecule has 0 heterocycles. The number of nitrogens with one attached hydrogen (secondary N) is 1. The monoisotopic (exact) mass is 213 g/mol. The van der Waals surface area contributed by atoms with E-state index in [2.05, 4.69) is 26.1 Å². The van der Waals surface area contributed by atoms with E-state index in [0.717, 1.165) is 31.7 Å². The molecule has 1 aliphatic rings. The summed E-state index contributed by atoms with van der Waals surface area (Å²) in [6.45, 7) is 9.47. The third-order valence-corrected chi connectivity index (χ3v) is 3.29. The molecule has 0 aromatic heterocycles. The molecule has 1 fully saturated rings. The first-order chi connectivity index (χ1) is 7.24. The van der Waals surface area contributed by atoms with Crippen molar-refractivity contribution in [1.29, 1.82) is 0 Å². The topological polar surface area (TPSA) is 21.3 Å². The van der Waals surface area contributed by atoms with Gasteiger partial charge in [-0.2, -0.15) is 0 Å². The lowest BCUT2D eigenvalue weighted by Crippen LogP contribution is -2.34. The molecule has 0 aromatic carbocycles. The fourth-order valence-corrected chi connectivity index (χ4v) is 2.43. The van der Waals surface area contributed by atoms with E-state index < -0.39 is 0 Å². The Bertz CT molecular complexity index is 159. The second-order valence-corrected chi connectivity index (χ2v) is 5.13. The molecule has 0 radical (unpaired) electrons. The van der Waals surface area contributed by atoms with E-state index in [1.807, 2.05) is 0 Å². The standard InChI is InChI=1S/C13H27NO/c1-4-12-6-5-7-13(12)14-8-9-15-10-11(2)3/h11-14H,4-10H2,1-3H3. The average molecular weight is 213 g/mol.